The van der Waals surface area contributed by atoms with E-state index in [4.69, 9.17) is 9.47 Å². The van der Waals surface area contributed by atoms with E-state index in [0.717, 1.165) is 11.3 Å². The topological polar surface area (TPSA) is 47.6 Å². The van der Waals surface area contributed by atoms with E-state index in [0.29, 0.717) is 25.1 Å². The largest absolute Gasteiger partial charge is 0.497 e. The van der Waals surface area contributed by atoms with Gasteiger partial charge in [0.25, 0.3) is 0 Å². The number of hydrogen-bond donors (Lipinski definition) is 1. The lowest BCUT2D eigenvalue weighted by Gasteiger charge is -2.16. The minimum absolute atomic E-state index is 0.00714. The second kappa shape index (κ2) is 9.08. The standard InChI is InChI=1S/C19H23NO3/c1-22-17-10-8-15(9-11-17)18(21)12-13-20-14-19(23-2)16-6-4-3-5-7-16/h3-11,19-20H,12-14H2,1-2H3. The van der Waals surface area contributed by atoms with Gasteiger partial charge in [0.15, 0.2) is 5.78 Å². The molecule has 2 aromatic carbocycles. The molecular formula is C19H23NO3. The summed E-state index contributed by atoms with van der Waals surface area (Å²) in [5, 5.41) is 3.29. The summed E-state index contributed by atoms with van der Waals surface area (Å²) in [7, 11) is 3.31. The van der Waals surface area contributed by atoms with Gasteiger partial charge < -0.3 is 14.8 Å². The zero-order valence-corrected chi connectivity index (χ0v) is 13.6. The predicted molar refractivity (Wildman–Crippen MR) is 91.0 cm³/mol. The van der Waals surface area contributed by atoms with Crippen molar-refractivity contribution in [3.8, 4) is 5.75 Å². The first-order chi connectivity index (χ1) is 11.2. The Bertz CT molecular complexity index is 596. The summed E-state index contributed by atoms with van der Waals surface area (Å²) in [4.78, 5) is 12.1. The van der Waals surface area contributed by atoms with Crippen LogP contribution in [0.4, 0.5) is 0 Å². The van der Waals surface area contributed by atoms with Crippen LogP contribution in [-0.2, 0) is 4.74 Å². The van der Waals surface area contributed by atoms with E-state index < -0.39 is 0 Å². The van der Waals surface area contributed by atoms with E-state index >= 15 is 0 Å². The average Bonchev–Trinajstić information content (AvgIpc) is 2.62. The molecule has 0 radical (unpaired) electrons. The second-order valence-electron chi connectivity index (χ2n) is 5.24. The third-order valence-electron chi connectivity index (χ3n) is 3.73. The van der Waals surface area contributed by atoms with E-state index in [1.165, 1.54) is 0 Å². The number of methoxy groups -OCH3 is 2. The van der Waals surface area contributed by atoms with Crippen molar-refractivity contribution in [2.24, 2.45) is 0 Å². The highest BCUT2D eigenvalue weighted by Gasteiger charge is 2.10. The molecule has 4 nitrogen and oxygen atoms in total. The third-order valence-corrected chi connectivity index (χ3v) is 3.73. The zero-order valence-electron chi connectivity index (χ0n) is 13.6. The van der Waals surface area contributed by atoms with Crippen molar-refractivity contribution in [2.45, 2.75) is 12.5 Å². The molecule has 0 bridgehead atoms. The minimum atomic E-state index is -0.00714. The molecule has 0 saturated heterocycles. The van der Waals surface area contributed by atoms with Crippen LogP contribution in [0.1, 0.15) is 28.4 Å². The maximum Gasteiger partial charge on any atom is 0.164 e. The number of benzene rings is 2. The molecule has 2 rings (SSSR count). The highest BCUT2D eigenvalue weighted by Crippen LogP contribution is 2.15. The molecule has 0 aliphatic rings. The first kappa shape index (κ1) is 17.2. The van der Waals surface area contributed by atoms with Crippen molar-refractivity contribution in [3.63, 3.8) is 0 Å². The van der Waals surface area contributed by atoms with Crippen LogP contribution in [0.15, 0.2) is 54.6 Å². The number of ether oxygens (including phenoxy) is 2. The normalized spacial score (nSPS) is 11.9. The average molecular weight is 313 g/mol. The molecule has 0 fully saturated rings. The number of hydrogen-bond acceptors (Lipinski definition) is 4. The first-order valence-corrected chi connectivity index (χ1v) is 7.70. The molecule has 2 aromatic rings. The number of carbonyl (C=O) groups is 1. The smallest absolute Gasteiger partial charge is 0.164 e. The van der Waals surface area contributed by atoms with Crippen molar-refractivity contribution < 1.29 is 14.3 Å². The van der Waals surface area contributed by atoms with E-state index in [2.05, 4.69) is 5.32 Å². The Balaban J connectivity index is 1.76. The fraction of sp³-hybridized carbons (Fsp3) is 0.316. The second-order valence-corrected chi connectivity index (χ2v) is 5.24. The van der Waals surface area contributed by atoms with Crippen LogP contribution in [0, 0.1) is 0 Å². The van der Waals surface area contributed by atoms with Gasteiger partial charge in [-0.2, -0.15) is 0 Å². The Hall–Kier alpha value is -2.17. The van der Waals surface area contributed by atoms with Gasteiger partial charge in [-0.1, -0.05) is 30.3 Å². The van der Waals surface area contributed by atoms with Crippen molar-refractivity contribution >= 4 is 5.78 Å². The zero-order chi connectivity index (χ0) is 16.5. The molecular weight excluding hydrogens is 290 g/mol. The van der Waals surface area contributed by atoms with Crippen molar-refractivity contribution in [1.82, 2.24) is 5.32 Å². The van der Waals surface area contributed by atoms with Crippen molar-refractivity contribution in [3.05, 3.63) is 65.7 Å². The van der Waals surface area contributed by atoms with Crippen LogP contribution in [0.5, 0.6) is 5.75 Å². The Morgan fingerprint density at radius 3 is 2.35 bits per heavy atom. The van der Waals surface area contributed by atoms with Crippen LogP contribution < -0.4 is 10.1 Å². The van der Waals surface area contributed by atoms with Crippen LogP contribution in [0.3, 0.4) is 0 Å². The van der Waals surface area contributed by atoms with Gasteiger partial charge in [0.05, 0.1) is 13.2 Å². The molecule has 0 aliphatic carbocycles. The lowest BCUT2D eigenvalue weighted by Crippen LogP contribution is -2.25. The molecule has 0 saturated carbocycles. The SMILES string of the molecule is COc1ccc(C(=O)CCNCC(OC)c2ccccc2)cc1. The molecule has 1 atom stereocenters. The van der Waals surface area contributed by atoms with Gasteiger partial charge in [0, 0.05) is 32.2 Å². The molecule has 0 heterocycles. The van der Waals surface area contributed by atoms with E-state index in [-0.39, 0.29) is 11.9 Å². The Morgan fingerprint density at radius 1 is 1.04 bits per heavy atom. The molecule has 1 unspecified atom stereocenters. The lowest BCUT2D eigenvalue weighted by molar-refractivity contribution is 0.0954. The number of carbonyl (C=O) groups excluding carboxylic acids is 1. The number of ketones is 1. The molecule has 0 amide bonds. The molecule has 0 aliphatic heterocycles. The third kappa shape index (κ3) is 5.20. The Kier molecular flexibility index (Phi) is 6.78. The highest BCUT2D eigenvalue weighted by molar-refractivity contribution is 5.96. The van der Waals surface area contributed by atoms with Crippen LogP contribution >= 0.6 is 0 Å². The van der Waals surface area contributed by atoms with Gasteiger partial charge in [0.1, 0.15) is 5.75 Å². The highest BCUT2D eigenvalue weighted by atomic mass is 16.5. The predicted octanol–water partition coefficient (Wildman–Crippen LogP) is 3.25. The molecule has 1 N–H and O–H groups in total. The van der Waals surface area contributed by atoms with Crippen LogP contribution in [0.2, 0.25) is 0 Å². The van der Waals surface area contributed by atoms with Gasteiger partial charge >= 0.3 is 0 Å². The fourth-order valence-corrected chi connectivity index (χ4v) is 2.36. The molecule has 122 valence electrons. The maximum atomic E-state index is 12.1. The monoisotopic (exact) mass is 313 g/mol. The van der Waals surface area contributed by atoms with Crippen LogP contribution in [0.25, 0.3) is 0 Å². The summed E-state index contributed by atoms with van der Waals surface area (Å²) in [6, 6.07) is 17.2. The molecule has 0 spiro atoms. The number of nitrogens with one attached hydrogen (secondary N) is 1. The van der Waals surface area contributed by atoms with E-state index in [1.807, 2.05) is 30.3 Å². The summed E-state index contributed by atoms with van der Waals surface area (Å²) in [5.74, 6) is 0.874. The summed E-state index contributed by atoms with van der Waals surface area (Å²) in [5.41, 5.74) is 1.84. The number of Topliss-reactive ketones (excluding diaryl/α,β-unsaturated/α-hetero) is 1. The first-order valence-electron chi connectivity index (χ1n) is 7.70. The van der Waals surface area contributed by atoms with E-state index in [9.17, 15) is 4.79 Å². The summed E-state index contributed by atoms with van der Waals surface area (Å²) in [6.07, 6.45) is 0.449. The Morgan fingerprint density at radius 2 is 1.74 bits per heavy atom. The minimum Gasteiger partial charge on any atom is -0.497 e. The molecule has 4 heteroatoms. The summed E-state index contributed by atoms with van der Waals surface area (Å²) >= 11 is 0. The van der Waals surface area contributed by atoms with E-state index in [1.54, 1.807) is 38.5 Å². The number of rotatable bonds is 9. The lowest BCUT2D eigenvalue weighted by atomic mass is 10.1. The molecule has 23 heavy (non-hydrogen) atoms. The fourth-order valence-electron chi connectivity index (χ4n) is 2.36. The van der Waals surface area contributed by atoms with Crippen molar-refractivity contribution in [1.29, 1.82) is 0 Å². The summed E-state index contributed by atoms with van der Waals surface area (Å²) in [6.45, 7) is 1.30. The quantitative estimate of drug-likeness (QED) is 0.570. The Labute approximate surface area is 137 Å². The maximum absolute atomic E-state index is 12.1. The van der Waals surface area contributed by atoms with Crippen molar-refractivity contribution in [2.75, 3.05) is 27.3 Å². The molecule has 0 aromatic heterocycles. The van der Waals surface area contributed by atoms with Gasteiger partial charge in [-0.25, -0.2) is 0 Å². The van der Waals surface area contributed by atoms with Gasteiger partial charge in [-0.3, -0.25) is 4.79 Å². The van der Waals surface area contributed by atoms with Crippen LogP contribution in [-0.4, -0.2) is 33.1 Å². The van der Waals surface area contributed by atoms with Gasteiger partial charge in [-0.15, -0.1) is 0 Å². The summed E-state index contributed by atoms with van der Waals surface area (Å²) < 4.78 is 10.6. The van der Waals surface area contributed by atoms with Gasteiger partial charge in [0.2, 0.25) is 0 Å². The van der Waals surface area contributed by atoms with Gasteiger partial charge in [-0.05, 0) is 29.8 Å².